The van der Waals surface area contributed by atoms with Gasteiger partial charge >= 0.3 is 0 Å². The Hall–Kier alpha value is -0.980. The van der Waals surface area contributed by atoms with Crippen molar-refractivity contribution in [1.82, 2.24) is 9.88 Å². The van der Waals surface area contributed by atoms with Gasteiger partial charge in [-0.3, -0.25) is 9.69 Å². The van der Waals surface area contributed by atoms with E-state index in [1.165, 1.54) is 4.88 Å². The van der Waals surface area contributed by atoms with Crippen LogP contribution < -0.4 is 11.1 Å². The van der Waals surface area contributed by atoms with E-state index in [4.69, 9.17) is 5.73 Å². The van der Waals surface area contributed by atoms with Crippen LogP contribution in [0.4, 0.5) is 5.13 Å². The Bertz CT molecular complexity index is 488. The van der Waals surface area contributed by atoms with Crippen LogP contribution in [0.2, 0.25) is 0 Å². The molecule has 1 aromatic rings. The summed E-state index contributed by atoms with van der Waals surface area (Å²) in [4.78, 5) is 20.8. The van der Waals surface area contributed by atoms with Crippen LogP contribution in [0.3, 0.4) is 0 Å². The number of fused-ring (bicyclic) bond motifs is 1. The van der Waals surface area contributed by atoms with E-state index in [-0.39, 0.29) is 5.91 Å². The number of likely N-dealkylation sites (N-methyl/N-ethyl adjacent to an activating group) is 1. The van der Waals surface area contributed by atoms with Gasteiger partial charge in [-0.25, -0.2) is 4.98 Å². The van der Waals surface area contributed by atoms with E-state index in [0.29, 0.717) is 6.54 Å². The molecule has 3 N–H and O–H groups in total. The number of hydrogen-bond donors (Lipinski definition) is 2. The zero-order chi connectivity index (χ0) is 15.5. The van der Waals surface area contributed by atoms with Crippen molar-refractivity contribution in [2.75, 3.05) is 25.0 Å². The molecule has 2 rings (SSSR count). The Morgan fingerprint density at radius 3 is 2.71 bits per heavy atom. The summed E-state index contributed by atoms with van der Waals surface area (Å²) in [5.41, 5.74) is 6.51. The second-order valence-electron chi connectivity index (χ2n) is 5.65. The van der Waals surface area contributed by atoms with Crippen molar-refractivity contribution in [2.24, 2.45) is 11.1 Å². The minimum absolute atomic E-state index is 0.00782. The van der Waals surface area contributed by atoms with E-state index in [9.17, 15) is 4.79 Å². The summed E-state index contributed by atoms with van der Waals surface area (Å²) < 4.78 is 0. The first-order chi connectivity index (χ1) is 10.1. The van der Waals surface area contributed by atoms with Gasteiger partial charge in [0.15, 0.2) is 5.13 Å². The molecule has 0 radical (unpaired) electrons. The predicted molar refractivity (Wildman–Crippen MR) is 87.5 cm³/mol. The van der Waals surface area contributed by atoms with Crippen LogP contribution in [0.25, 0.3) is 0 Å². The third-order valence-electron chi connectivity index (χ3n) is 4.70. The highest BCUT2D eigenvalue weighted by atomic mass is 32.1. The number of amides is 1. The summed E-state index contributed by atoms with van der Waals surface area (Å²) in [5, 5.41) is 3.72. The summed E-state index contributed by atoms with van der Waals surface area (Å²) in [7, 11) is 0. The number of hydrogen-bond acceptors (Lipinski definition) is 5. The number of aromatic nitrogens is 1. The maximum atomic E-state index is 12.5. The van der Waals surface area contributed by atoms with Gasteiger partial charge in [-0.05, 0) is 19.4 Å². The summed E-state index contributed by atoms with van der Waals surface area (Å²) in [6.45, 7) is 9.64. The van der Waals surface area contributed by atoms with E-state index in [2.05, 4.69) is 22.1 Å². The minimum Gasteiger partial charge on any atom is -0.329 e. The van der Waals surface area contributed by atoms with Crippen LogP contribution in [0.5, 0.6) is 0 Å². The van der Waals surface area contributed by atoms with Crippen molar-refractivity contribution in [2.45, 2.75) is 46.6 Å². The van der Waals surface area contributed by atoms with Gasteiger partial charge in [0.05, 0.1) is 11.1 Å². The zero-order valence-corrected chi connectivity index (χ0v) is 14.1. The molecule has 0 aliphatic carbocycles. The van der Waals surface area contributed by atoms with Gasteiger partial charge in [0.2, 0.25) is 5.91 Å². The molecule has 1 aliphatic heterocycles. The SMILES string of the molecule is CCN1CCc2nc(NC(=O)C(CC)(CC)CN)sc2C1. The molecule has 21 heavy (non-hydrogen) atoms. The fraction of sp³-hybridized carbons (Fsp3) is 0.733. The molecule has 1 amide bonds. The lowest BCUT2D eigenvalue weighted by molar-refractivity contribution is -0.125. The Balaban J connectivity index is 2.11. The van der Waals surface area contributed by atoms with Gasteiger partial charge in [0.25, 0.3) is 0 Å². The molecule has 6 heteroatoms. The quantitative estimate of drug-likeness (QED) is 0.845. The van der Waals surface area contributed by atoms with Crippen LogP contribution in [0, 0.1) is 5.41 Å². The van der Waals surface area contributed by atoms with E-state index in [1.54, 1.807) is 11.3 Å². The minimum atomic E-state index is -0.471. The van der Waals surface area contributed by atoms with E-state index in [1.807, 2.05) is 13.8 Å². The van der Waals surface area contributed by atoms with Crippen LogP contribution >= 0.6 is 11.3 Å². The van der Waals surface area contributed by atoms with E-state index in [0.717, 1.165) is 49.7 Å². The highest BCUT2D eigenvalue weighted by molar-refractivity contribution is 7.15. The van der Waals surface area contributed by atoms with Crippen molar-refractivity contribution >= 4 is 22.4 Å². The van der Waals surface area contributed by atoms with Crippen molar-refractivity contribution in [3.63, 3.8) is 0 Å². The predicted octanol–water partition coefficient (Wildman–Crippen LogP) is 2.22. The van der Waals surface area contributed by atoms with Gasteiger partial charge in [-0.2, -0.15) is 0 Å². The molecule has 0 fully saturated rings. The normalized spacial score (nSPS) is 15.8. The molecule has 0 spiro atoms. The van der Waals surface area contributed by atoms with Crippen LogP contribution in [-0.2, 0) is 17.8 Å². The maximum absolute atomic E-state index is 12.5. The molecule has 0 atom stereocenters. The fourth-order valence-corrected chi connectivity index (χ4v) is 3.80. The highest BCUT2D eigenvalue weighted by Crippen LogP contribution is 2.31. The number of carbonyl (C=O) groups excluding carboxylic acids is 1. The van der Waals surface area contributed by atoms with Crippen molar-refractivity contribution < 1.29 is 4.79 Å². The van der Waals surface area contributed by atoms with Crippen molar-refractivity contribution in [3.05, 3.63) is 10.6 Å². The van der Waals surface area contributed by atoms with E-state index >= 15 is 0 Å². The topological polar surface area (TPSA) is 71.2 Å². The average molecular weight is 310 g/mol. The van der Waals surface area contributed by atoms with Crippen LogP contribution in [-0.4, -0.2) is 35.4 Å². The maximum Gasteiger partial charge on any atom is 0.233 e. The lowest BCUT2D eigenvalue weighted by Gasteiger charge is -2.27. The first-order valence-electron chi connectivity index (χ1n) is 7.81. The van der Waals surface area contributed by atoms with Crippen molar-refractivity contribution in [1.29, 1.82) is 0 Å². The molecule has 0 bridgehead atoms. The number of thiazole rings is 1. The summed E-state index contributed by atoms with van der Waals surface area (Å²) in [6, 6.07) is 0. The monoisotopic (exact) mass is 310 g/mol. The number of rotatable bonds is 6. The Morgan fingerprint density at radius 2 is 2.14 bits per heavy atom. The molecule has 118 valence electrons. The fourth-order valence-electron chi connectivity index (χ4n) is 2.75. The number of nitrogens with two attached hydrogens (primary N) is 1. The molecule has 1 aliphatic rings. The first kappa shape index (κ1) is 16.4. The summed E-state index contributed by atoms with van der Waals surface area (Å²) in [6.07, 6.45) is 2.47. The van der Waals surface area contributed by atoms with Gasteiger partial charge in [-0.1, -0.05) is 20.8 Å². The molecule has 0 aromatic carbocycles. The molecule has 0 unspecified atom stereocenters. The Labute approximate surface area is 130 Å². The third kappa shape index (κ3) is 3.27. The number of nitrogens with one attached hydrogen (secondary N) is 1. The molecule has 1 aromatic heterocycles. The third-order valence-corrected chi connectivity index (χ3v) is 5.70. The Morgan fingerprint density at radius 1 is 1.43 bits per heavy atom. The molecular weight excluding hydrogens is 284 g/mol. The van der Waals surface area contributed by atoms with Gasteiger partial charge < -0.3 is 11.1 Å². The second-order valence-corrected chi connectivity index (χ2v) is 6.74. The Kier molecular flexibility index (Phi) is 5.35. The summed E-state index contributed by atoms with van der Waals surface area (Å²) in [5.74, 6) is 0.00782. The average Bonchev–Trinajstić information content (AvgIpc) is 2.90. The highest BCUT2D eigenvalue weighted by Gasteiger charge is 2.34. The lowest BCUT2D eigenvalue weighted by Crippen LogP contribution is -2.41. The van der Waals surface area contributed by atoms with Gasteiger partial charge in [0.1, 0.15) is 0 Å². The second kappa shape index (κ2) is 6.85. The van der Waals surface area contributed by atoms with Gasteiger partial charge in [-0.15, -0.1) is 11.3 Å². The number of anilines is 1. The van der Waals surface area contributed by atoms with Crippen molar-refractivity contribution in [3.8, 4) is 0 Å². The number of carbonyl (C=O) groups is 1. The molecule has 5 nitrogen and oxygen atoms in total. The largest absolute Gasteiger partial charge is 0.329 e. The zero-order valence-electron chi connectivity index (χ0n) is 13.2. The molecule has 2 heterocycles. The molecule has 0 saturated carbocycles. The first-order valence-corrected chi connectivity index (χ1v) is 8.62. The standard InChI is InChI=1S/C15H26N4OS/c1-4-15(5-2,10-16)13(20)18-14-17-11-7-8-19(6-3)9-12(11)21-14/h4-10,16H2,1-3H3,(H,17,18,20). The molecular formula is C15H26N4OS. The van der Waals surface area contributed by atoms with Gasteiger partial charge in [0, 0.05) is 30.9 Å². The van der Waals surface area contributed by atoms with Crippen LogP contribution in [0.15, 0.2) is 0 Å². The summed E-state index contributed by atoms with van der Waals surface area (Å²) >= 11 is 1.60. The molecule has 0 saturated heterocycles. The smallest absolute Gasteiger partial charge is 0.233 e. The van der Waals surface area contributed by atoms with Crippen LogP contribution in [0.1, 0.15) is 44.2 Å². The lowest BCUT2D eigenvalue weighted by atomic mass is 9.81. The number of nitrogens with zero attached hydrogens (tertiary/aromatic N) is 2. The van der Waals surface area contributed by atoms with E-state index < -0.39 is 5.41 Å².